The van der Waals surface area contributed by atoms with Crippen molar-refractivity contribution in [3.8, 4) is 0 Å². The SMILES string of the molecule is CCCCOC(=O)C1=C(CC)NC(CC)=C(C(=O)OCCCC)C1. The van der Waals surface area contributed by atoms with Crippen LogP contribution in [0.15, 0.2) is 22.5 Å². The van der Waals surface area contributed by atoms with Crippen LogP contribution in [0.3, 0.4) is 0 Å². The molecule has 1 aliphatic rings. The number of hydrogen-bond acceptors (Lipinski definition) is 5. The molecule has 0 aromatic carbocycles. The Morgan fingerprint density at radius 3 is 1.58 bits per heavy atom. The minimum Gasteiger partial charge on any atom is -0.462 e. The number of ether oxygens (including phenoxy) is 2. The molecule has 0 saturated carbocycles. The number of allylic oxidation sites excluding steroid dienone is 2. The van der Waals surface area contributed by atoms with E-state index in [1.165, 1.54) is 0 Å². The Morgan fingerprint density at radius 2 is 1.25 bits per heavy atom. The van der Waals surface area contributed by atoms with Gasteiger partial charge in [0.05, 0.1) is 24.4 Å². The van der Waals surface area contributed by atoms with Crippen molar-refractivity contribution in [2.24, 2.45) is 0 Å². The third kappa shape index (κ3) is 5.69. The van der Waals surface area contributed by atoms with E-state index in [2.05, 4.69) is 5.32 Å². The first kappa shape index (κ1) is 20.3. The van der Waals surface area contributed by atoms with Crippen molar-refractivity contribution in [1.29, 1.82) is 0 Å². The maximum Gasteiger partial charge on any atom is 0.336 e. The molecule has 0 atom stereocenters. The molecule has 0 aromatic rings. The van der Waals surface area contributed by atoms with Gasteiger partial charge in [-0.3, -0.25) is 0 Å². The van der Waals surface area contributed by atoms with Crippen molar-refractivity contribution in [2.75, 3.05) is 13.2 Å². The fourth-order valence-electron chi connectivity index (χ4n) is 2.51. The fraction of sp³-hybridized carbons (Fsp3) is 0.684. The number of carbonyl (C=O) groups is 2. The Bertz CT molecular complexity index is 461. The molecule has 0 saturated heterocycles. The van der Waals surface area contributed by atoms with E-state index in [1.807, 2.05) is 27.7 Å². The first-order valence-corrected chi connectivity index (χ1v) is 9.14. The lowest BCUT2D eigenvalue weighted by Crippen LogP contribution is -2.28. The lowest BCUT2D eigenvalue weighted by Gasteiger charge is -2.25. The summed E-state index contributed by atoms with van der Waals surface area (Å²) in [6, 6.07) is 0. The molecule has 5 heteroatoms. The quantitative estimate of drug-likeness (QED) is 0.482. The summed E-state index contributed by atoms with van der Waals surface area (Å²) >= 11 is 0. The van der Waals surface area contributed by atoms with E-state index in [-0.39, 0.29) is 18.4 Å². The highest BCUT2D eigenvalue weighted by molar-refractivity contribution is 5.96. The summed E-state index contributed by atoms with van der Waals surface area (Å²) in [6.45, 7) is 8.90. The molecule has 0 radical (unpaired) electrons. The molecule has 0 fully saturated rings. The molecule has 1 rings (SSSR count). The summed E-state index contributed by atoms with van der Waals surface area (Å²) in [5.74, 6) is -0.663. The van der Waals surface area contributed by atoms with E-state index >= 15 is 0 Å². The van der Waals surface area contributed by atoms with Crippen molar-refractivity contribution in [3.05, 3.63) is 22.5 Å². The van der Waals surface area contributed by atoms with Crippen LogP contribution in [0.25, 0.3) is 0 Å². The number of hydrogen-bond donors (Lipinski definition) is 1. The number of esters is 2. The molecule has 5 nitrogen and oxygen atoms in total. The van der Waals surface area contributed by atoms with Crippen molar-refractivity contribution in [1.82, 2.24) is 5.32 Å². The molecule has 0 bridgehead atoms. The van der Waals surface area contributed by atoms with E-state index in [1.54, 1.807) is 0 Å². The Morgan fingerprint density at radius 1 is 0.833 bits per heavy atom. The second-order valence-electron chi connectivity index (χ2n) is 5.90. The van der Waals surface area contributed by atoms with E-state index < -0.39 is 0 Å². The maximum absolute atomic E-state index is 12.4. The van der Waals surface area contributed by atoms with Gasteiger partial charge in [0, 0.05) is 17.8 Å². The summed E-state index contributed by atoms with van der Waals surface area (Å²) in [4.78, 5) is 24.7. The highest BCUT2D eigenvalue weighted by atomic mass is 16.5. The van der Waals surface area contributed by atoms with Crippen molar-refractivity contribution in [3.63, 3.8) is 0 Å². The summed E-state index contributed by atoms with van der Waals surface area (Å²) in [6.07, 6.45) is 5.31. The van der Waals surface area contributed by atoms with E-state index in [0.717, 1.165) is 37.1 Å². The van der Waals surface area contributed by atoms with E-state index in [0.29, 0.717) is 37.2 Å². The maximum atomic E-state index is 12.4. The molecular formula is C19H31NO4. The Balaban J connectivity index is 2.87. The third-order valence-corrected chi connectivity index (χ3v) is 4.05. The highest BCUT2D eigenvalue weighted by Gasteiger charge is 2.28. The molecule has 1 N–H and O–H groups in total. The second kappa shape index (κ2) is 10.9. The fourth-order valence-corrected chi connectivity index (χ4v) is 2.51. The predicted molar refractivity (Wildman–Crippen MR) is 94.1 cm³/mol. The molecule has 0 spiro atoms. The van der Waals surface area contributed by atoms with Gasteiger partial charge >= 0.3 is 11.9 Å². The molecule has 0 amide bonds. The minimum absolute atomic E-state index is 0.287. The zero-order chi connectivity index (χ0) is 17.9. The standard InChI is InChI=1S/C19H31NO4/c1-5-9-11-23-18(21)14-13-15(19(22)24-12-10-6-2)17(8-4)20-16(14)7-3/h20H,5-13H2,1-4H3. The Labute approximate surface area is 145 Å². The number of unbranched alkanes of at least 4 members (excludes halogenated alkanes) is 2. The van der Waals surface area contributed by atoms with Crippen molar-refractivity contribution < 1.29 is 19.1 Å². The Kier molecular flexibility index (Phi) is 9.20. The summed E-state index contributed by atoms with van der Waals surface area (Å²) in [5, 5.41) is 3.25. The summed E-state index contributed by atoms with van der Waals surface area (Å²) < 4.78 is 10.7. The third-order valence-electron chi connectivity index (χ3n) is 4.05. The van der Waals surface area contributed by atoms with E-state index in [9.17, 15) is 9.59 Å². The number of nitrogens with one attached hydrogen (secondary N) is 1. The zero-order valence-electron chi connectivity index (χ0n) is 15.5. The molecule has 24 heavy (non-hydrogen) atoms. The average molecular weight is 337 g/mol. The van der Waals surface area contributed by atoms with Crippen LogP contribution in [0.1, 0.15) is 72.6 Å². The first-order valence-electron chi connectivity index (χ1n) is 9.14. The van der Waals surface area contributed by atoms with Crippen LogP contribution in [0, 0.1) is 0 Å². The van der Waals surface area contributed by atoms with Crippen LogP contribution in [0.5, 0.6) is 0 Å². The van der Waals surface area contributed by atoms with Gasteiger partial charge in [0.2, 0.25) is 0 Å². The average Bonchev–Trinajstić information content (AvgIpc) is 2.60. The topological polar surface area (TPSA) is 64.6 Å². The van der Waals surface area contributed by atoms with Gasteiger partial charge in [0.25, 0.3) is 0 Å². The lowest BCUT2D eigenvalue weighted by molar-refractivity contribution is -0.139. The number of carbonyl (C=O) groups excluding carboxylic acids is 2. The second-order valence-corrected chi connectivity index (χ2v) is 5.90. The normalized spacial score (nSPS) is 14.5. The Hall–Kier alpha value is -1.78. The van der Waals surface area contributed by atoms with Crippen molar-refractivity contribution >= 4 is 11.9 Å². The van der Waals surface area contributed by atoms with Gasteiger partial charge in [-0.2, -0.15) is 0 Å². The lowest BCUT2D eigenvalue weighted by atomic mass is 9.95. The number of rotatable bonds is 10. The molecule has 0 aliphatic carbocycles. The summed E-state index contributed by atoms with van der Waals surface area (Å²) in [5.41, 5.74) is 2.79. The van der Waals surface area contributed by atoms with Gasteiger partial charge in [-0.05, 0) is 25.7 Å². The van der Waals surface area contributed by atoms with Crippen LogP contribution in [0.4, 0.5) is 0 Å². The minimum atomic E-state index is -0.332. The molecule has 0 unspecified atom stereocenters. The summed E-state index contributed by atoms with van der Waals surface area (Å²) in [7, 11) is 0. The van der Waals surface area contributed by atoms with Crippen LogP contribution >= 0.6 is 0 Å². The van der Waals surface area contributed by atoms with Crippen LogP contribution in [-0.2, 0) is 19.1 Å². The highest BCUT2D eigenvalue weighted by Crippen LogP contribution is 2.28. The van der Waals surface area contributed by atoms with Gasteiger partial charge in [0.1, 0.15) is 0 Å². The zero-order valence-corrected chi connectivity index (χ0v) is 15.5. The van der Waals surface area contributed by atoms with Gasteiger partial charge in [-0.25, -0.2) is 9.59 Å². The van der Waals surface area contributed by atoms with Crippen molar-refractivity contribution in [2.45, 2.75) is 72.6 Å². The van der Waals surface area contributed by atoms with Gasteiger partial charge < -0.3 is 14.8 Å². The molecule has 136 valence electrons. The van der Waals surface area contributed by atoms with Crippen LogP contribution in [0.2, 0.25) is 0 Å². The van der Waals surface area contributed by atoms with Gasteiger partial charge in [0.15, 0.2) is 0 Å². The largest absolute Gasteiger partial charge is 0.462 e. The molecular weight excluding hydrogens is 306 g/mol. The smallest absolute Gasteiger partial charge is 0.336 e. The van der Waals surface area contributed by atoms with Crippen LogP contribution < -0.4 is 5.32 Å². The van der Waals surface area contributed by atoms with E-state index in [4.69, 9.17) is 9.47 Å². The molecule has 1 heterocycles. The molecule has 0 aromatic heterocycles. The first-order chi connectivity index (χ1) is 11.6. The van der Waals surface area contributed by atoms with Gasteiger partial charge in [-0.1, -0.05) is 40.5 Å². The molecule has 1 aliphatic heterocycles. The van der Waals surface area contributed by atoms with Crippen LogP contribution in [-0.4, -0.2) is 25.2 Å². The monoisotopic (exact) mass is 337 g/mol. The predicted octanol–water partition coefficient (Wildman–Crippen LogP) is 3.99. The van der Waals surface area contributed by atoms with Gasteiger partial charge in [-0.15, -0.1) is 0 Å². The number of dihydropyridines is 1.